The lowest BCUT2D eigenvalue weighted by Crippen LogP contribution is -2.58. The molecule has 9 heteroatoms. The van der Waals surface area contributed by atoms with Gasteiger partial charge in [-0.15, -0.1) is 0 Å². The number of rotatable bonds is 6. The Labute approximate surface area is 225 Å². The molecule has 0 bridgehead atoms. The Hall–Kier alpha value is -1.50. The summed E-state index contributed by atoms with van der Waals surface area (Å²) < 4.78 is 0. The first-order valence-corrected chi connectivity index (χ1v) is 13.5. The summed E-state index contributed by atoms with van der Waals surface area (Å²) in [7, 11) is 0. The molecular formula is C26H27Cl4N3O2. The minimum atomic E-state index is -0.742. The lowest BCUT2D eigenvalue weighted by atomic mass is 9.93. The highest BCUT2D eigenvalue weighted by Gasteiger charge is 2.53. The molecular weight excluding hydrogens is 528 g/mol. The van der Waals surface area contributed by atoms with Crippen LogP contribution in [-0.4, -0.2) is 59.9 Å². The molecule has 2 aliphatic heterocycles. The van der Waals surface area contributed by atoms with Crippen LogP contribution in [0.1, 0.15) is 36.8 Å². The van der Waals surface area contributed by atoms with E-state index in [0.29, 0.717) is 52.1 Å². The molecule has 2 aromatic rings. The van der Waals surface area contributed by atoms with E-state index < -0.39 is 11.5 Å². The summed E-state index contributed by atoms with van der Waals surface area (Å²) in [6.07, 6.45) is 3.89. The van der Waals surface area contributed by atoms with Crippen molar-refractivity contribution in [1.82, 2.24) is 15.1 Å². The largest absolute Gasteiger partial charge is 0.343 e. The second-order valence-corrected chi connectivity index (χ2v) is 11.5. The molecule has 0 aromatic heterocycles. The Balaban J connectivity index is 1.39. The van der Waals surface area contributed by atoms with Crippen molar-refractivity contribution in [1.29, 1.82) is 0 Å². The highest BCUT2D eigenvalue weighted by atomic mass is 35.5. The average Bonchev–Trinajstić information content (AvgIpc) is 3.49. The van der Waals surface area contributed by atoms with Crippen molar-refractivity contribution < 1.29 is 9.59 Å². The quantitative estimate of drug-likeness (QED) is 0.522. The lowest BCUT2D eigenvalue weighted by molar-refractivity contribution is -0.139. The molecule has 0 radical (unpaired) electrons. The number of hydrogen-bond donors (Lipinski definition) is 1. The smallest absolute Gasteiger partial charge is 0.245 e. The number of nitrogens with zero attached hydrogens (tertiary/aromatic N) is 2. The number of fused-ring (bicyclic) bond motifs is 1. The Morgan fingerprint density at radius 3 is 2.37 bits per heavy atom. The first-order valence-electron chi connectivity index (χ1n) is 12.0. The van der Waals surface area contributed by atoms with Gasteiger partial charge in [0, 0.05) is 52.2 Å². The van der Waals surface area contributed by atoms with Gasteiger partial charge in [0.1, 0.15) is 6.04 Å². The van der Waals surface area contributed by atoms with Crippen LogP contribution in [-0.2, 0) is 21.4 Å². The van der Waals surface area contributed by atoms with Crippen LogP contribution in [0.25, 0.3) is 0 Å². The van der Waals surface area contributed by atoms with E-state index in [2.05, 4.69) is 10.2 Å². The van der Waals surface area contributed by atoms with Gasteiger partial charge in [-0.05, 0) is 67.6 Å². The molecule has 3 aliphatic rings. The second-order valence-electron chi connectivity index (χ2n) is 9.79. The lowest BCUT2D eigenvalue weighted by Gasteiger charge is -2.39. The minimum absolute atomic E-state index is 0.0751. The molecule has 0 spiro atoms. The van der Waals surface area contributed by atoms with Gasteiger partial charge in [0.05, 0.1) is 5.41 Å². The maximum atomic E-state index is 13.8. The molecule has 186 valence electrons. The van der Waals surface area contributed by atoms with E-state index >= 15 is 0 Å². The number of hydrogen-bond acceptors (Lipinski definition) is 3. The van der Waals surface area contributed by atoms with Crippen molar-refractivity contribution in [2.45, 2.75) is 49.6 Å². The third-order valence-corrected chi connectivity index (χ3v) is 8.71. The van der Waals surface area contributed by atoms with Crippen molar-refractivity contribution in [2.75, 3.05) is 26.2 Å². The van der Waals surface area contributed by atoms with Gasteiger partial charge in [-0.25, -0.2) is 0 Å². The average molecular weight is 555 g/mol. The van der Waals surface area contributed by atoms with E-state index in [1.54, 1.807) is 24.3 Å². The Morgan fingerprint density at radius 1 is 0.971 bits per heavy atom. The number of carbonyl (C=O) groups is 2. The molecule has 2 atom stereocenters. The number of piperazine rings is 1. The van der Waals surface area contributed by atoms with Crippen molar-refractivity contribution >= 4 is 58.2 Å². The fourth-order valence-electron chi connectivity index (χ4n) is 5.44. The van der Waals surface area contributed by atoms with Gasteiger partial charge in [-0.3, -0.25) is 14.5 Å². The molecule has 35 heavy (non-hydrogen) atoms. The van der Waals surface area contributed by atoms with Crippen LogP contribution in [0.2, 0.25) is 20.1 Å². The molecule has 1 saturated carbocycles. The van der Waals surface area contributed by atoms with Gasteiger partial charge in [-0.2, -0.15) is 0 Å². The van der Waals surface area contributed by atoms with E-state index in [1.807, 2.05) is 17.0 Å². The van der Waals surface area contributed by atoms with Crippen LogP contribution in [0.5, 0.6) is 0 Å². The Morgan fingerprint density at radius 2 is 1.69 bits per heavy atom. The molecule has 0 unspecified atom stereocenters. The summed E-state index contributed by atoms with van der Waals surface area (Å²) in [5.74, 6) is -0.265. The van der Waals surface area contributed by atoms with Crippen LogP contribution in [0.3, 0.4) is 0 Å². The van der Waals surface area contributed by atoms with E-state index in [0.717, 1.165) is 37.1 Å². The van der Waals surface area contributed by atoms with Gasteiger partial charge >= 0.3 is 0 Å². The van der Waals surface area contributed by atoms with Gasteiger partial charge in [0.2, 0.25) is 11.8 Å². The minimum Gasteiger partial charge on any atom is -0.343 e. The van der Waals surface area contributed by atoms with Gasteiger partial charge in [0.25, 0.3) is 0 Å². The molecule has 5 nitrogen and oxygen atoms in total. The maximum absolute atomic E-state index is 13.8. The summed E-state index contributed by atoms with van der Waals surface area (Å²) in [5, 5.41) is 5.07. The predicted molar refractivity (Wildman–Crippen MR) is 141 cm³/mol. The summed E-state index contributed by atoms with van der Waals surface area (Å²) in [6.45, 7) is 3.30. The molecule has 5 rings (SSSR count). The second kappa shape index (κ2) is 10.1. The zero-order chi connectivity index (χ0) is 24.7. The van der Waals surface area contributed by atoms with Crippen LogP contribution in [0.4, 0.5) is 0 Å². The number of amides is 2. The molecule has 2 heterocycles. The summed E-state index contributed by atoms with van der Waals surface area (Å²) in [4.78, 5) is 31.8. The van der Waals surface area contributed by atoms with Crippen LogP contribution < -0.4 is 5.32 Å². The number of halogens is 4. The van der Waals surface area contributed by atoms with Gasteiger partial charge in [-0.1, -0.05) is 58.5 Å². The Bertz CT molecular complexity index is 1150. The highest BCUT2D eigenvalue weighted by Crippen LogP contribution is 2.51. The molecule has 2 saturated heterocycles. The fourth-order valence-corrected chi connectivity index (χ4v) is 6.51. The van der Waals surface area contributed by atoms with E-state index in [4.69, 9.17) is 46.4 Å². The zero-order valence-corrected chi connectivity index (χ0v) is 22.2. The van der Waals surface area contributed by atoms with Gasteiger partial charge in [0.15, 0.2) is 0 Å². The molecule has 2 amide bonds. The Kier molecular flexibility index (Phi) is 7.26. The predicted octanol–water partition coefficient (Wildman–Crippen LogP) is 5.37. The number of benzene rings is 2. The standard InChI is InChI=1S/C26H27Cl4N3O2/c27-17-4-3-16(21(29)13-17)12-23(24(34)33-11-10-32-9-1-2-19(32)15-33)31-25(35)26(7-8-26)20-6-5-18(28)14-22(20)30/h3-6,13-14,19,23H,1-2,7-12,15H2,(H,31,35)/t19-,23-/m0/s1. The molecule has 1 N–H and O–H groups in total. The van der Waals surface area contributed by atoms with Crippen LogP contribution in [0, 0.1) is 0 Å². The first kappa shape index (κ1) is 25.2. The normalized spacial score (nSPS) is 21.9. The maximum Gasteiger partial charge on any atom is 0.245 e. The van der Waals surface area contributed by atoms with Crippen LogP contribution >= 0.6 is 46.4 Å². The summed E-state index contributed by atoms with van der Waals surface area (Å²) >= 11 is 25.1. The van der Waals surface area contributed by atoms with Gasteiger partial charge < -0.3 is 10.2 Å². The third kappa shape index (κ3) is 5.17. The summed E-state index contributed by atoms with van der Waals surface area (Å²) in [6, 6.07) is 10.1. The monoisotopic (exact) mass is 553 g/mol. The molecule has 1 aliphatic carbocycles. The molecule has 3 fully saturated rings. The number of carbonyl (C=O) groups excluding carboxylic acids is 2. The zero-order valence-electron chi connectivity index (χ0n) is 19.2. The molecule has 2 aromatic carbocycles. The fraction of sp³-hybridized carbons (Fsp3) is 0.462. The van der Waals surface area contributed by atoms with Crippen molar-refractivity contribution in [3.8, 4) is 0 Å². The van der Waals surface area contributed by atoms with E-state index in [1.165, 1.54) is 0 Å². The van der Waals surface area contributed by atoms with E-state index in [-0.39, 0.29) is 18.2 Å². The third-order valence-electron chi connectivity index (χ3n) is 7.57. The first-order chi connectivity index (χ1) is 16.8. The highest BCUT2D eigenvalue weighted by molar-refractivity contribution is 6.35. The van der Waals surface area contributed by atoms with Crippen molar-refractivity contribution in [2.24, 2.45) is 0 Å². The van der Waals surface area contributed by atoms with Crippen molar-refractivity contribution in [3.63, 3.8) is 0 Å². The number of nitrogens with one attached hydrogen (secondary N) is 1. The topological polar surface area (TPSA) is 52.7 Å². The van der Waals surface area contributed by atoms with Crippen LogP contribution in [0.15, 0.2) is 36.4 Å². The van der Waals surface area contributed by atoms with Crippen molar-refractivity contribution in [3.05, 3.63) is 67.6 Å². The summed E-state index contributed by atoms with van der Waals surface area (Å²) in [5.41, 5.74) is 0.772. The SMILES string of the molecule is O=C([C@H](Cc1ccc(Cl)cc1Cl)NC(=O)C1(c2ccc(Cl)cc2Cl)CC1)N1CCN2CCC[C@H]2C1. The van der Waals surface area contributed by atoms with E-state index in [9.17, 15) is 9.59 Å².